The summed E-state index contributed by atoms with van der Waals surface area (Å²) in [5.41, 5.74) is 1.09. The van der Waals surface area contributed by atoms with Crippen LogP contribution in [0.2, 0.25) is 0 Å². The monoisotopic (exact) mass is 254 g/mol. The molecule has 3 rings (SSSR count). The molecule has 4 heteroatoms. The van der Waals surface area contributed by atoms with Crippen LogP contribution in [-0.4, -0.2) is 26.4 Å². The molecule has 1 aromatic rings. The Bertz CT molecular complexity index is 402. The van der Waals surface area contributed by atoms with Crippen LogP contribution >= 0.6 is 11.6 Å². The Morgan fingerprint density at radius 1 is 1.12 bits per heavy atom. The summed E-state index contributed by atoms with van der Waals surface area (Å²) in [5.74, 6) is 2.02. The van der Waals surface area contributed by atoms with E-state index in [4.69, 9.17) is 25.8 Å². The maximum Gasteiger partial charge on any atom is 0.161 e. The lowest BCUT2D eigenvalue weighted by molar-refractivity contribution is 0.171. The fourth-order valence-corrected chi connectivity index (χ4v) is 2.62. The number of rotatable bonds is 2. The van der Waals surface area contributed by atoms with Gasteiger partial charge in [-0.15, -0.1) is 11.6 Å². The lowest BCUT2D eigenvalue weighted by Gasteiger charge is -2.21. The summed E-state index contributed by atoms with van der Waals surface area (Å²) in [6.07, 6.45) is 1.03. The summed E-state index contributed by atoms with van der Waals surface area (Å²) in [7, 11) is 0. The zero-order valence-electron chi connectivity index (χ0n) is 9.52. The van der Waals surface area contributed by atoms with Gasteiger partial charge in [0.25, 0.3) is 0 Å². The maximum atomic E-state index is 6.48. The first kappa shape index (κ1) is 11.2. The number of hydrogen-bond donors (Lipinski definition) is 0. The molecule has 2 aliphatic rings. The second-order valence-electron chi connectivity index (χ2n) is 4.43. The van der Waals surface area contributed by atoms with Crippen LogP contribution in [0.4, 0.5) is 0 Å². The van der Waals surface area contributed by atoms with E-state index in [0.29, 0.717) is 19.1 Å². The number of alkyl halides is 1. The molecule has 0 bridgehead atoms. The third-order valence-electron chi connectivity index (χ3n) is 3.26. The number of fused-ring (bicyclic) bond motifs is 1. The van der Waals surface area contributed by atoms with Gasteiger partial charge in [0.15, 0.2) is 11.5 Å². The molecule has 0 amide bonds. The van der Waals surface area contributed by atoms with Gasteiger partial charge in [-0.05, 0) is 24.1 Å². The van der Waals surface area contributed by atoms with Crippen LogP contribution in [0.3, 0.4) is 0 Å². The quantitative estimate of drug-likeness (QED) is 0.760. The summed E-state index contributed by atoms with van der Waals surface area (Å²) < 4.78 is 16.4. The van der Waals surface area contributed by atoms with Crippen molar-refractivity contribution in [2.75, 3.05) is 26.4 Å². The minimum absolute atomic E-state index is 0.00618. The third-order valence-corrected chi connectivity index (χ3v) is 3.87. The van der Waals surface area contributed by atoms with Crippen molar-refractivity contribution < 1.29 is 14.2 Å². The molecule has 2 aliphatic heterocycles. The van der Waals surface area contributed by atoms with Crippen LogP contribution in [-0.2, 0) is 4.74 Å². The van der Waals surface area contributed by atoms with E-state index in [0.717, 1.165) is 36.7 Å². The highest BCUT2D eigenvalue weighted by molar-refractivity contribution is 6.21. The standard InChI is InChI=1S/C13H15ClO3/c14-13(10-3-4-15-8-10)9-1-2-11-12(7-9)17-6-5-16-11/h1-2,7,10,13H,3-6,8H2. The van der Waals surface area contributed by atoms with Crippen LogP contribution in [0, 0.1) is 5.92 Å². The molecule has 0 spiro atoms. The molecule has 0 N–H and O–H groups in total. The highest BCUT2D eigenvalue weighted by atomic mass is 35.5. The second-order valence-corrected chi connectivity index (χ2v) is 4.90. The fourth-order valence-electron chi connectivity index (χ4n) is 2.29. The average Bonchev–Trinajstić information content (AvgIpc) is 2.91. The molecule has 2 heterocycles. The molecule has 1 fully saturated rings. The van der Waals surface area contributed by atoms with Gasteiger partial charge in [0.1, 0.15) is 13.2 Å². The normalized spacial score (nSPS) is 24.6. The fraction of sp³-hybridized carbons (Fsp3) is 0.538. The smallest absolute Gasteiger partial charge is 0.161 e. The number of ether oxygens (including phenoxy) is 3. The third kappa shape index (κ3) is 2.22. The van der Waals surface area contributed by atoms with Crippen molar-refractivity contribution in [1.29, 1.82) is 0 Å². The molecule has 2 atom stereocenters. The molecular weight excluding hydrogens is 240 g/mol. The highest BCUT2D eigenvalue weighted by Crippen LogP contribution is 2.39. The Morgan fingerprint density at radius 2 is 1.94 bits per heavy atom. The van der Waals surface area contributed by atoms with Crippen LogP contribution in [0.15, 0.2) is 18.2 Å². The first-order chi connectivity index (χ1) is 8.34. The van der Waals surface area contributed by atoms with Gasteiger partial charge in [0.2, 0.25) is 0 Å². The first-order valence-electron chi connectivity index (χ1n) is 5.96. The lowest BCUT2D eigenvalue weighted by atomic mass is 9.98. The molecular formula is C13H15ClO3. The number of hydrogen-bond acceptors (Lipinski definition) is 3. The van der Waals surface area contributed by atoms with E-state index in [-0.39, 0.29) is 5.38 Å². The molecule has 0 radical (unpaired) electrons. The molecule has 92 valence electrons. The highest BCUT2D eigenvalue weighted by Gasteiger charge is 2.26. The lowest BCUT2D eigenvalue weighted by Crippen LogP contribution is -2.16. The van der Waals surface area contributed by atoms with Crippen molar-refractivity contribution in [3.8, 4) is 11.5 Å². The molecule has 3 nitrogen and oxygen atoms in total. The van der Waals surface area contributed by atoms with Crippen molar-refractivity contribution in [3.63, 3.8) is 0 Å². The molecule has 17 heavy (non-hydrogen) atoms. The van der Waals surface area contributed by atoms with E-state index in [1.54, 1.807) is 0 Å². The van der Waals surface area contributed by atoms with Gasteiger partial charge in [-0.25, -0.2) is 0 Å². The van der Waals surface area contributed by atoms with E-state index in [1.165, 1.54) is 0 Å². The van der Waals surface area contributed by atoms with Crippen LogP contribution in [0.25, 0.3) is 0 Å². The predicted molar refractivity (Wildman–Crippen MR) is 65.0 cm³/mol. The van der Waals surface area contributed by atoms with E-state index in [1.807, 2.05) is 18.2 Å². The number of halogens is 1. The van der Waals surface area contributed by atoms with Gasteiger partial charge >= 0.3 is 0 Å². The summed E-state index contributed by atoms with van der Waals surface area (Å²) >= 11 is 6.48. The Morgan fingerprint density at radius 3 is 2.71 bits per heavy atom. The van der Waals surface area contributed by atoms with Crippen molar-refractivity contribution >= 4 is 11.6 Å². The molecule has 1 saturated heterocycles. The zero-order valence-corrected chi connectivity index (χ0v) is 10.3. The average molecular weight is 255 g/mol. The Kier molecular flexibility index (Phi) is 3.12. The molecule has 1 aromatic carbocycles. The second kappa shape index (κ2) is 4.75. The predicted octanol–water partition coefficient (Wildman–Crippen LogP) is 2.77. The Hall–Kier alpha value is -0.930. The van der Waals surface area contributed by atoms with E-state index in [9.17, 15) is 0 Å². The Labute approximate surface area is 106 Å². The topological polar surface area (TPSA) is 27.7 Å². The summed E-state index contributed by atoms with van der Waals surface area (Å²) in [5, 5.41) is -0.00618. The molecule has 0 aromatic heterocycles. The van der Waals surface area contributed by atoms with Crippen LogP contribution in [0.1, 0.15) is 17.4 Å². The van der Waals surface area contributed by atoms with E-state index >= 15 is 0 Å². The summed E-state index contributed by atoms with van der Waals surface area (Å²) in [4.78, 5) is 0. The van der Waals surface area contributed by atoms with Gasteiger partial charge < -0.3 is 14.2 Å². The maximum absolute atomic E-state index is 6.48. The van der Waals surface area contributed by atoms with E-state index < -0.39 is 0 Å². The SMILES string of the molecule is ClC(c1ccc2c(c1)OCCO2)C1CCOC1. The van der Waals surface area contributed by atoms with Gasteiger partial charge in [-0.1, -0.05) is 6.07 Å². The van der Waals surface area contributed by atoms with E-state index in [2.05, 4.69) is 0 Å². The molecule has 0 saturated carbocycles. The molecule has 2 unspecified atom stereocenters. The largest absolute Gasteiger partial charge is 0.486 e. The molecule has 0 aliphatic carbocycles. The minimum atomic E-state index is -0.00618. The van der Waals surface area contributed by atoms with Crippen LogP contribution in [0.5, 0.6) is 11.5 Å². The number of benzene rings is 1. The van der Waals surface area contributed by atoms with Gasteiger partial charge in [0, 0.05) is 12.5 Å². The summed E-state index contributed by atoms with van der Waals surface area (Å²) in [6, 6.07) is 5.95. The van der Waals surface area contributed by atoms with Gasteiger partial charge in [-0.2, -0.15) is 0 Å². The zero-order chi connectivity index (χ0) is 11.7. The Balaban J connectivity index is 1.82. The first-order valence-corrected chi connectivity index (χ1v) is 6.39. The van der Waals surface area contributed by atoms with Crippen molar-refractivity contribution in [2.24, 2.45) is 5.92 Å². The van der Waals surface area contributed by atoms with Gasteiger partial charge in [-0.3, -0.25) is 0 Å². The van der Waals surface area contributed by atoms with Gasteiger partial charge in [0.05, 0.1) is 12.0 Å². The van der Waals surface area contributed by atoms with Crippen molar-refractivity contribution in [3.05, 3.63) is 23.8 Å². The minimum Gasteiger partial charge on any atom is -0.486 e. The van der Waals surface area contributed by atoms with Crippen molar-refractivity contribution in [2.45, 2.75) is 11.8 Å². The van der Waals surface area contributed by atoms with Crippen LogP contribution < -0.4 is 9.47 Å². The van der Waals surface area contributed by atoms with Crippen molar-refractivity contribution in [1.82, 2.24) is 0 Å². The summed E-state index contributed by atoms with van der Waals surface area (Å²) in [6.45, 7) is 2.80.